The van der Waals surface area contributed by atoms with Crippen molar-refractivity contribution in [3.05, 3.63) is 38.7 Å². The summed E-state index contributed by atoms with van der Waals surface area (Å²) in [4.78, 5) is 13.9. The third-order valence-corrected chi connectivity index (χ3v) is 4.32. The molecule has 1 aromatic carbocycles. The molecule has 1 aromatic heterocycles. The van der Waals surface area contributed by atoms with Gasteiger partial charge in [-0.15, -0.1) is 0 Å². The predicted molar refractivity (Wildman–Crippen MR) is 87.6 cm³/mol. The van der Waals surface area contributed by atoms with Crippen molar-refractivity contribution in [3.8, 4) is 5.75 Å². The van der Waals surface area contributed by atoms with Gasteiger partial charge in [0.2, 0.25) is 0 Å². The molecule has 1 aliphatic rings. The fourth-order valence-electron chi connectivity index (χ4n) is 2.77. The topological polar surface area (TPSA) is 42.7 Å². The van der Waals surface area contributed by atoms with E-state index in [0.29, 0.717) is 35.5 Å². The Morgan fingerprint density at radius 3 is 2.86 bits per heavy atom. The van der Waals surface area contributed by atoms with Crippen LogP contribution < -0.4 is 10.4 Å². The number of fused-ring (bicyclic) bond motifs is 3. The van der Waals surface area contributed by atoms with Crippen LogP contribution in [0.1, 0.15) is 31.4 Å². The highest BCUT2D eigenvalue weighted by Crippen LogP contribution is 2.39. The average molecular weight is 322 g/mol. The number of hydrogen-bond donors (Lipinski definition) is 0. The Morgan fingerprint density at radius 2 is 2.14 bits per heavy atom. The lowest BCUT2D eigenvalue weighted by molar-refractivity contribution is 0.0912. The van der Waals surface area contributed by atoms with Crippen LogP contribution in [0.4, 0.5) is 0 Å². The summed E-state index contributed by atoms with van der Waals surface area (Å²) in [7, 11) is 0. The Kier molecular flexibility index (Phi) is 4.15. The maximum absolute atomic E-state index is 11.7. The summed E-state index contributed by atoms with van der Waals surface area (Å²) < 4.78 is 11.3. The normalized spacial score (nSPS) is 15.1. The smallest absolute Gasteiger partial charge is 0.336 e. The average Bonchev–Trinajstić information content (AvgIpc) is 2.46. The molecule has 118 valence electrons. The van der Waals surface area contributed by atoms with E-state index in [-0.39, 0.29) is 5.63 Å². The van der Waals surface area contributed by atoms with E-state index >= 15 is 0 Å². The minimum atomic E-state index is -0.339. The quantitative estimate of drug-likeness (QED) is 0.803. The third kappa shape index (κ3) is 2.85. The lowest BCUT2D eigenvalue weighted by atomic mass is 10.0. The molecule has 22 heavy (non-hydrogen) atoms. The number of halogens is 1. The number of nitrogens with zero attached hydrogens (tertiary/aromatic N) is 1. The third-order valence-electron chi connectivity index (χ3n) is 4.04. The summed E-state index contributed by atoms with van der Waals surface area (Å²) in [6.45, 7) is 8.44. The SMILES string of the molecule is Cc1cc(=O)oc2c3c(c(Cl)cc12)OCN(CCC(C)C)C3. The summed E-state index contributed by atoms with van der Waals surface area (Å²) in [5.74, 6) is 1.28. The van der Waals surface area contributed by atoms with Crippen molar-refractivity contribution in [2.45, 2.75) is 33.7 Å². The van der Waals surface area contributed by atoms with Gasteiger partial charge in [-0.25, -0.2) is 4.79 Å². The largest absolute Gasteiger partial charge is 0.476 e. The second kappa shape index (κ2) is 5.94. The zero-order valence-electron chi connectivity index (χ0n) is 13.1. The fourth-order valence-corrected chi connectivity index (χ4v) is 3.05. The molecule has 2 aromatic rings. The van der Waals surface area contributed by atoms with E-state index < -0.39 is 0 Å². The van der Waals surface area contributed by atoms with Gasteiger partial charge in [-0.1, -0.05) is 25.4 Å². The molecule has 0 unspecified atom stereocenters. The Balaban J connectivity index is 2.06. The maximum atomic E-state index is 11.7. The molecule has 0 saturated carbocycles. The van der Waals surface area contributed by atoms with E-state index in [1.54, 1.807) is 0 Å². The van der Waals surface area contributed by atoms with Crippen molar-refractivity contribution in [1.82, 2.24) is 4.90 Å². The van der Waals surface area contributed by atoms with Crippen molar-refractivity contribution < 1.29 is 9.15 Å². The van der Waals surface area contributed by atoms with E-state index in [0.717, 1.165) is 29.5 Å². The molecule has 0 radical (unpaired) electrons. The van der Waals surface area contributed by atoms with Crippen LogP contribution in [0.15, 0.2) is 21.3 Å². The van der Waals surface area contributed by atoms with Crippen LogP contribution in [0.2, 0.25) is 5.02 Å². The van der Waals surface area contributed by atoms with Crippen molar-refractivity contribution >= 4 is 22.6 Å². The summed E-state index contributed by atoms with van der Waals surface area (Å²) in [5, 5.41) is 1.45. The standard InChI is InChI=1S/C17H20ClNO3/c1-10(2)4-5-19-8-13-16-12(11(3)6-15(20)22-16)7-14(18)17(13)21-9-19/h6-7,10H,4-5,8-9H2,1-3H3. The molecule has 2 heterocycles. The molecule has 1 aliphatic heterocycles. The number of benzene rings is 1. The molecular weight excluding hydrogens is 302 g/mol. The number of aryl methyl sites for hydroxylation is 1. The highest BCUT2D eigenvalue weighted by Gasteiger charge is 2.24. The molecular formula is C17H20ClNO3. The van der Waals surface area contributed by atoms with Gasteiger partial charge in [-0.05, 0) is 30.9 Å². The van der Waals surface area contributed by atoms with E-state index in [4.69, 9.17) is 20.8 Å². The van der Waals surface area contributed by atoms with Crippen molar-refractivity contribution in [3.63, 3.8) is 0 Å². The van der Waals surface area contributed by atoms with Crippen molar-refractivity contribution in [2.24, 2.45) is 5.92 Å². The Labute approximate surface area is 134 Å². The first-order chi connectivity index (χ1) is 10.5. The van der Waals surface area contributed by atoms with Gasteiger partial charge in [0.1, 0.15) is 18.1 Å². The molecule has 0 spiro atoms. The second-order valence-corrected chi connectivity index (χ2v) is 6.71. The molecule has 0 aliphatic carbocycles. The maximum Gasteiger partial charge on any atom is 0.336 e. The van der Waals surface area contributed by atoms with Crippen LogP contribution in [0, 0.1) is 12.8 Å². The van der Waals surface area contributed by atoms with Gasteiger partial charge >= 0.3 is 5.63 Å². The van der Waals surface area contributed by atoms with Crippen LogP contribution in [-0.2, 0) is 6.54 Å². The van der Waals surface area contributed by atoms with Gasteiger partial charge < -0.3 is 9.15 Å². The monoisotopic (exact) mass is 321 g/mol. The lowest BCUT2D eigenvalue weighted by Crippen LogP contribution is -2.33. The molecule has 0 bridgehead atoms. The minimum absolute atomic E-state index is 0.339. The molecule has 5 heteroatoms. The van der Waals surface area contributed by atoms with Gasteiger partial charge in [0.15, 0.2) is 0 Å². The van der Waals surface area contributed by atoms with E-state index in [1.165, 1.54) is 6.07 Å². The Morgan fingerprint density at radius 1 is 1.36 bits per heavy atom. The highest BCUT2D eigenvalue weighted by molar-refractivity contribution is 6.33. The first-order valence-electron chi connectivity index (χ1n) is 7.56. The molecule has 4 nitrogen and oxygen atoms in total. The van der Waals surface area contributed by atoms with Gasteiger partial charge in [0.25, 0.3) is 0 Å². The lowest BCUT2D eigenvalue weighted by Gasteiger charge is -2.30. The van der Waals surface area contributed by atoms with Crippen LogP contribution in [-0.4, -0.2) is 18.2 Å². The Bertz CT molecular complexity index is 767. The number of hydrogen-bond acceptors (Lipinski definition) is 4. The summed E-state index contributed by atoms with van der Waals surface area (Å²) in [6.07, 6.45) is 1.10. The molecule has 0 amide bonds. The second-order valence-electron chi connectivity index (χ2n) is 6.30. The van der Waals surface area contributed by atoms with Crippen LogP contribution >= 0.6 is 11.6 Å². The summed E-state index contributed by atoms with van der Waals surface area (Å²) in [5.41, 5.74) is 2.00. The van der Waals surface area contributed by atoms with Gasteiger partial charge in [-0.2, -0.15) is 0 Å². The van der Waals surface area contributed by atoms with Gasteiger partial charge in [0.05, 0.1) is 10.6 Å². The number of ether oxygens (including phenoxy) is 1. The van der Waals surface area contributed by atoms with Gasteiger partial charge in [0, 0.05) is 24.5 Å². The fraction of sp³-hybridized carbons (Fsp3) is 0.471. The summed E-state index contributed by atoms with van der Waals surface area (Å²) in [6, 6.07) is 3.31. The van der Waals surface area contributed by atoms with E-state index in [1.807, 2.05) is 13.0 Å². The van der Waals surface area contributed by atoms with Crippen LogP contribution in [0.3, 0.4) is 0 Å². The van der Waals surface area contributed by atoms with E-state index in [2.05, 4.69) is 18.7 Å². The molecule has 0 fully saturated rings. The minimum Gasteiger partial charge on any atom is -0.476 e. The molecule has 0 N–H and O–H groups in total. The zero-order valence-corrected chi connectivity index (χ0v) is 13.9. The number of rotatable bonds is 3. The van der Waals surface area contributed by atoms with Crippen LogP contribution in [0.25, 0.3) is 11.0 Å². The van der Waals surface area contributed by atoms with Crippen LogP contribution in [0.5, 0.6) is 5.75 Å². The first kappa shape index (κ1) is 15.4. The van der Waals surface area contributed by atoms with E-state index in [9.17, 15) is 4.79 Å². The zero-order chi connectivity index (χ0) is 15.9. The highest BCUT2D eigenvalue weighted by atomic mass is 35.5. The van der Waals surface area contributed by atoms with Gasteiger partial charge in [-0.3, -0.25) is 4.90 Å². The molecule has 3 rings (SSSR count). The Hall–Kier alpha value is -1.52. The van der Waals surface area contributed by atoms with Crippen molar-refractivity contribution in [2.75, 3.05) is 13.3 Å². The molecule has 0 saturated heterocycles. The summed E-state index contributed by atoms with van der Waals surface area (Å²) >= 11 is 6.34. The van der Waals surface area contributed by atoms with Crippen molar-refractivity contribution in [1.29, 1.82) is 0 Å². The molecule has 0 atom stereocenters. The first-order valence-corrected chi connectivity index (χ1v) is 7.94. The predicted octanol–water partition coefficient (Wildman–Crippen LogP) is 3.95.